The van der Waals surface area contributed by atoms with Crippen molar-refractivity contribution in [3.8, 4) is 0 Å². The number of aliphatic hydroxyl groups is 6. The highest BCUT2D eigenvalue weighted by atomic mass is 16.7. The number of aliphatic hydroxyl groups excluding tert-OH is 5. The van der Waals surface area contributed by atoms with E-state index in [0.717, 1.165) is 19.3 Å². The molecule has 1 unspecified atom stereocenters. The van der Waals surface area contributed by atoms with Crippen molar-refractivity contribution < 1.29 is 40.1 Å². The zero-order chi connectivity index (χ0) is 21.1. The maximum absolute atomic E-state index is 11.6. The van der Waals surface area contributed by atoms with E-state index in [2.05, 4.69) is 13.8 Å². The zero-order valence-corrected chi connectivity index (χ0v) is 17.2. The number of fused-ring (bicyclic) bond motifs is 3. The molecule has 168 valence electrons. The standard InChI is InChI=1S/C21H36O8/c1-10-3-4-11-14(10)15-12(20(15,2)8-23)5-6-21(11,27)9-28-19-18(26)17(25)16(24)13(7-22)29-19/h10-19,22-27H,3-9H2,1-2H3/t10-,11+,12-,13-,14-,15-,16+,17?,18-,19-,20-,21-/m1/s1. The monoisotopic (exact) mass is 416 g/mol. The minimum absolute atomic E-state index is 0.0428. The third-order valence-corrected chi connectivity index (χ3v) is 8.67. The molecule has 4 fully saturated rings. The van der Waals surface area contributed by atoms with Gasteiger partial charge in [-0.1, -0.05) is 20.3 Å². The van der Waals surface area contributed by atoms with Crippen LogP contribution in [0.25, 0.3) is 0 Å². The van der Waals surface area contributed by atoms with Crippen LogP contribution in [0.3, 0.4) is 0 Å². The fourth-order valence-corrected chi connectivity index (χ4v) is 6.80. The minimum Gasteiger partial charge on any atom is -0.396 e. The summed E-state index contributed by atoms with van der Waals surface area (Å²) in [5.41, 5.74) is -1.13. The van der Waals surface area contributed by atoms with Gasteiger partial charge in [0.15, 0.2) is 6.29 Å². The lowest BCUT2D eigenvalue weighted by atomic mass is 9.73. The molecule has 6 N–H and O–H groups in total. The summed E-state index contributed by atoms with van der Waals surface area (Å²) in [6.07, 6.45) is -3.36. The van der Waals surface area contributed by atoms with Crippen molar-refractivity contribution in [3.63, 3.8) is 0 Å². The van der Waals surface area contributed by atoms with Gasteiger partial charge in [-0.25, -0.2) is 0 Å². The van der Waals surface area contributed by atoms with Crippen LogP contribution in [-0.2, 0) is 9.47 Å². The Balaban J connectivity index is 1.47. The van der Waals surface area contributed by atoms with Gasteiger partial charge < -0.3 is 40.1 Å². The van der Waals surface area contributed by atoms with Crippen molar-refractivity contribution in [2.45, 2.75) is 75.8 Å². The van der Waals surface area contributed by atoms with Crippen LogP contribution in [0, 0.1) is 35.0 Å². The van der Waals surface area contributed by atoms with Crippen LogP contribution in [-0.4, -0.2) is 86.8 Å². The summed E-state index contributed by atoms with van der Waals surface area (Å²) in [5.74, 6) is 1.66. The van der Waals surface area contributed by atoms with Gasteiger partial charge in [0.25, 0.3) is 0 Å². The maximum Gasteiger partial charge on any atom is 0.186 e. The molecule has 3 saturated carbocycles. The zero-order valence-electron chi connectivity index (χ0n) is 17.2. The molecule has 1 aliphatic heterocycles. The Hall–Kier alpha value is -0.320. The van der Waals surface area contributed by atoms with E-state index in [1.165, 1.54) is 0 Å². The van der Waals surface area contributed by atoms with E-state index in [1.54, 1.807) is 0 Å². The van der Waals surface area contributed by atoms with Gasteiger partial charge in [-0.15, -0.1) is 0 Å². The van der Waals surface area contributed by atoms with Gasteiger partial charge in [-0.3, -0.25) is 0 Å². The van der Waals surface area contributed by atoms with E-state index in [4.69, 9.17) is 9.47 Å². The van der Waals surface area contributed by atoms with Gasteiger partial charge in [0.2, 0.25) is 0 Å². The number of hydrogen-bond donors (Lipinski definition) is 6. The van der Waals surface area contributed by atoms with Gasteiger partial charge in [-0.2, -0.15) is 0 Å². The van der Waals surface area contributed by atoms with Gasteiger partial charge >= 0.3 is 0 Å². The van der Waals surface area contributed by atoms with Gasteiger partial charge in [-0.05, 0) is 54.3 Å². The summed E-state index contributed by atoms with van der Waals surface area (Å²) >= 11 is 0. The lowest BCUT2D eigenvalue weighted by molar-refractivity contribution is -0.311. The van der Waals surface area contributed by atoms with Crippen molar-refractivity contribution >= 4 is 0 Å². The van der Waals surface area contributed by atoms with Crippen LogP contribution >= 0.6 is 0 Å². The Bertz CT molecular complexity index is 601. The fraction of sp³-hybridized carbons (Fsp3) is 1.00. The SMILES string of the molecule is C[C@@H]1CC[C@H]2[C@@H]1[C@H]1[C@@H](CC[C@@]2(O)CO[C@@H]2O[C@H](CO)[C@H](O)C(O)[C@H]2O)[C@@]1(C)CO. The molecule has 8 heteroatoms. The molecule has 0 radical (unpaired) electrons. The van der Waals surface area contributed by atoms with E-state index >= 15 is 0 Å². The topological polar surface area (TPSA) is 140 Å². The first-order chi connectivity index (χ1) is 13.7. The Morgan fingerprint density at radius 1 is 1.00 bits per heavy atom. The van der Waals surface area contributed by atoms with Crippen LogP contribution in [0.2, 0.25) is 0 Å². The van der Waals surface area contributed by atoms with Crippen LogP contribution in [0.4, 0.5) is 0 Å². The molecule has 8 nitrogen and oxygen atoms in total. The molecule has 0 spiro atoms. The van der Waals surface area contributed by atoms with Crippen molar-refractivity contribution in [2.75, 3.05) is 19.8 Å². The van der Waals surface area contributed by atoms with Crippen LogP contribution in [0.15, 0.2) is 0 Å². The number of rotatable bonds is 5. The van der Waals surface area contributed by atoms with Gasteiger partial charge in [0.1, 0.15) is 24.4 Å². The predicted molar refractivity (Wildman–Crippen MR) is 101 cm³/mol. The third-order valence-electron chi connectivity index (χ3n) is 8.67. The normalized spacial score (nSPS) is 57.1. The fourth-order valence-electron chi connectivity index (χ4n) is 6.80. The molecule has 29 heavy (non-hydrogen) atoms. The lowest BCUT2D eigenvalue weighted by Gasteiger charge is -2.43. The summed E-state index contributed by atoms with van der Waals surface area (Å²) in [5, 5.41) is 61.0. The van der Waals surface area contributed by atoms with Crippen molar-refractivity contribution in [1.82, 2.24) is 0 Å². The Labute approximate surface area is 171 Å². The predicted octanol–water partition coefficient (Wildman–Crippen LogP) is -0.765. The second kappa shape index (κ2) is 7.67. The van der Waals surface area contributed by atoms with Crippen LogP contribution < -0.4 is 0 Å². The van der Waals surface area contributed by atoms with Crippen LogP contribution in [0.1, 0.15) is 39.5 Å². The largest absolute Gasteiger partial charge is 0.396 e. The van der Waals surface area contributed by atoms with E-state index < -0.39 is 42.9 Å². The molecular formula is C21H36O8. The molecule has 1 saturated heterocycles. The summed E-state index contributed by atoms with van der Waals surface area (Å²) in [4.78, 5) is 0. The lowest BCUT2D eigenvalue weighted by Crippen LogP contribution is -2.60. The smallest absolute Gasteiger partial charge is 0.186 e. The first-order valence-electron chi connectivity index (χ1n) is 10.9. The van der Waals surface area contributed by atoms with Crippen molar-refractivity contribution in [2.24, 2.45) is 35.0 Å². The average molecular weight is 417 g/mol. The number of hydrogen-bond acceptors (Lipinski definition) is 8. The molecule has 4 rings (SSSR count). The molecule has 12 atom stereocenters. The van der Waals surface area contributed by atoms with E-state index in [-0.39, 0.29) is 24.5 Å². The molecular weight excluding hydrogens is 380 g/mol. The first-order valence-corrected chi connectivity index (χ1v) is 10.9. The van der Waals surface area contributed by atoms with E-state index in [1.807, 2.05) is 0 Å². The first kappa shape index (κ1) is 21.9. The van der Waals surface area contributed by atoms with E-state index in [0.29, 0.717) is 30.1 Å². The van der Waals surface area contributed by atoms with Crippen molar-refractivity contribution in [1.29, 1.82) is 0 Å². The van der Waals surface area contributed by atoms with E-state index in [9.17, 15) is 30.6 Å². The van der Waals surface area contributed by atoms with Crippen LogP contribution in [0.5, 0.6) is 0 Å². The molecule has 0 aromatic rings. The molecule has 3 aliphatic carbocycles. The maximum atomic E-state index is 11.6. The molecule has 0 aromatic carbocycles. The molecule has 0 aromatic heterocycles. The highest BCUT2D eigenvalue weighted by molar-refractivity contribution is 5.17. The average Bonchev–Trinajstić information content (AvgIpc) is 3.15. The third kappa shape index (κ3) is 3.36. The highest BCUT2D eigenvalue weighted by Crippen LogP contribution is 2.71. The molecule has 1 heterocycles. The minimum atomic E-state index is -1.49. The summed E-state index contributed by atoms with van der Waals surface area (Å²) in [6, 6.07) is 0. The van der Waals surface area contributed by atoms with Crippen molar-refractivity contribution in [3.05, 3.63) is 0 Å². The Morgan fingerprint density at radius 2 is 1.72 bits per heavy atom. The number of ether oxygens (including phenoxy) is 2. The Morgan fingerprint density at radius 3 is 2.38 bits per heavy atom. The second-order valence-corrected chi connectivity index (χ2v) is 10.2. The summed E-state index contributed by atoms with van der Waals surface area (Å²) in [6.45, 7) is 4.00. The molecule has 0 bridgehead atoms. The summed E-state index contributed by atoms with van der Waals surface area (Å²) in [7, 11) is 0. The molecule has 0 amide bonds. The van der Waals surface area contributed by atoms with Gasteiger partial charge in [0, 0.05) is 6.61 Å². The molecule has 4 aliphatic rings. The summed E-state index contributed by atoms with van der Waals surface area (Å²) < 4.78 is 11.2. The quantitative estimate of drug-likeness (QED) is 0.344. The van der Waals surface area contributed by atoms with Gasteiger partial charge in [0.05, 0.1) is 18.8 Å². The highest BCUT2D eigenvalue weighted by Gasteiger charge is 2.69. The Kier molecular flexibility index (Phi) is 5.79. The second-order valence-electron chi connectivity index (χ2n) is 10.2.